The van der Waals surface area contributed by atoms with Gasteiger partial charge in [0.2, 0.25) is 5.88 Å². The smallest absolute Gasteiger partial charge is 0.242 e. The molecule has 1 aliphatic carbocycles. The molecule has 4 heterocycles. The molecule has 1 saturated carbocycles. The van der Waals surface area contributed by atoms with Crippen molar-refractivity contribution < 1.29 is 9.47 Å². The number of aromatic nitrogens is 7. The van der Waals surface area contributed by atoms with E-state index < -0.39 is 5.54 Å². The molecule has 0 aliphatic heterocycles. The lowest BCUT2D eigenvalue weighted by molar-refractivity contribution is 0.0882. The van der Waals surface area contributed by atoms with E-state index in [1.807, 2.05) is 60.7 Å². The van der Waals surface area contributed by atoms with E-state index in [-0.39, 0.29) is 5.92 Å². The zero-order chi connectivity index (χ0) is 27.0. The Kier molecular flexibility index (Phi) is 5.97. The van der Waals surface area contributed by atoms with Crippen LogP contribution in [0.5, 0.6) is 11.6 Å². The first-order valence-electron chi connectivity index (χ1n) is 12.5. The summed E-state index contributed by atoms with van der Waals surface area (Å²) in [5.41, 5.74) is 4.21. The average Bonchev–Trinajstić information content (AvgIpc) is 3.69. The van der Waals surface area contributed by atoms with Crippen LogP contribution in [0.25, 0.3) is 28.0 Å². The maximum atomic E-state index is 9.43. The van der Waals surface area contributed by atoms with Gasteiger partial charge in [0.1, 0.15) is 12.4 Å². The molecule has 39 heavy (non-hydrogen) atoms. The monoisotopic (exact) mass is 519 g/mol. The van der Waals surface area contributed by atoms with Crippen LogP contribution < -0.4 is 9.47 Å². The van der Waals surface area contributed by atoms with Gasteiger partial charge in [0, 0.05) is 25.0 Å². The van der Waals surface area contributed by atoms with E-state index in [1.54, 1.807) is 28.7 Å². The lowest BCUT2D eigenvalue weighted by Gasteiger charge is -2.43. The van der Waals surface area contributed by atoms with E-state index >= 15 is 0 Å². The van der Waals surface area contributed by atoms with Crippen molar-refractivity contribution in [1.29, 1.82) is 10.5 Å². The molecule has 11 heteroatoms. The molecule has 4 aromatic heterocycles. The largest absolute Gasteiger partial charge is 0.497 e. The van der Waals surface area contributed by atoms with Crippen molar-refractivity contribution in [2.75, 3.05) is 7.11 Å². The Balaban J connectivity index is 1.34. The maximum absolute atomic E-state index is 9.43. The van der Waals surface area contributed by atoms with Gasteiger partial charge in [-0.15, -0.1) is 5.10 Å². The number of hydrogen-bond donors (Lipinski definition) is 0. The third-order valence-corrected chi connectivity index (χ3v) is 7.18. The minimum absolute atomic E-state index is 0.0593. The lowest BCUT2D eigenvalue weighted by atomic mass is 9.67. The Hall–Kier alpha value is -5.16. The van der Waals surface area contributed by atoms with Gasteiger partial charge in [-0.2, -0.15) is 20.7 Å². The van der Waals surface area contributed by atoms with E-state index in [0.29, 0.717) is 43.1 Å². The van der Waals surface area contributed by atoms with Gasteiger partial charge in [-0.05, 0) is 36.6 Å². The lowest BCUT2D eigenvalue weighted by Crippen LogP contribution is -2.46. The van der Waals surface area contributed by atoms with Crippen molar-refractivity contribution in [2.24, 2.45) is 13.0 Å². The van der Waals surface area contributed by atoms with Crippen LogP contribution in [0.3, 0.4) is 0 Å². The van der Waals surface area contributed by atoms with Crippen molar-refractivity contribution in [3.8, 4) is 46.3 Å². The highest BCUT2D eigenvalue weighted by molar-refractivity contribution is 5.79. The predicted octanol–water partition coefficient (Wildman–Crippen LogP) is 4.12. The second-order valence-electron chi connectivity index (χ2n) is 9.76. The standard InChI is InChI=1S/C28H25N9O2/c1-35-16-23(27(34-35)39-18-19-3-5-22(38-2)6-4-19)24-17-36-25(7-10-31-36)26(33-24)21-14-32-37(15-21)28(8-9-29)11-20(12-28)13-30/h3-7,10,14-17,20H,8,11-12,18H2,1-2H3/t20-,28-. The predicted molar refractivity (Wildman–Crippen MR) is 140 cm³/mol. The molecule has 1 aromatic carbocycles. The van der Waals surface area contributed by atoms with Gasteiger partial charge in [0.15, 0.2) is 0 Å². The number of ether oxygens (including phenoxy) is 2. The van der Waals surface area contributed by atoms with Crippen molar-refractivity contribution in [3.63, 3.8) is 0 Å². The molecule has 0 N–H and O–H groups in total. The van der Waals surface area contributed by atoms with E-state index in [0.717, 1.165) is 28.0 Å². The summed E-state index contributed by atoms with van der Waals surface area (Å²) in [6.07, 6.45) is 10.6. The molecule has 0 radical (unpaired) electrons. The fourth-order valence-electron chi connectivity index (χ4n) is 5.11. The Morgan fingerprint density at radius 1 is 1.08 bits per heavy atom. The number of nitrogens with zero attached hydrogens (tertiary/aromatic N) is 9. The number of hydrogen-bond acceptors (Lipinski definition) is 8. The third kappa shape index (κ3) is 4.34. The van der Waals surface area contributed by atoms with Gasteiger partial charge in [-0.1, -0.05) is 12.1 Å². The second-order valence-corrected chi connectivity index (χ2v) is 9.76. The van der Waals surface area contributed by atoms with Crippen LogP contribution >= 0.6 is 0 Å². The average molecular weight is 520 g/mol. The summed E-state index contributed by atoms with van der Waals surface area (Å²) in [7, 11) is 3.47. The highest BCUT2D eigenvalue weighted by Crippen LogP contribution is 2.46. The topological polar surface area (TPSA) is 132 Å². The van der Waals surface area contributed by atoms with E-state index in [2.05, 4.69) is 27.4 Å². The summed E-state index contributed by atoms with van der Waals surface area (Å²) in [6, 6.07) is 14.1. The summed E-state index contributed by atoms with van der Waals surface area (Å²) >= 11 is 0. The van der Waals surface area contributed by atoms with Gasteiger partial charge in [-0.3, -0.25) is 9.36 Å². The Bertz CT molecular complexity index is 1730. The molecule has 6 rings (SSSR count). The molecule has 1 aliphatic rings. The molecule has 0 bridgehead atoms. The zero-order valence-corrected chi connectivity index (χ0v) is 21.5. The summed E-state index contributed by atoms with van der Waals surface area (Å²) in [5, 5.41) is 32.3. The molecule has 0 unspecified atom stereocenters. The fourth-order valence-corrected chi connectivity index (χ4v) is 5.11. The number of methoxy groups -OCH3 is 1. The first kappa shape index (κ1) is 24.2. The van der Waals surface area contributed by atoms with Crippen molar-refractivity contribution >= 4 is 5.52 Å². The number of fused-ring (bicyclic) bond motifs is 1. The molecule has 0 amide bonds. The number of rotatable bonds is 8. The highest BCUT2D eigenvalue weighted by atomic mass is 16.5. The molecule has 5 aromatic rings. The van der Waals surface area contributed by atoms with Crippen LogP contribution in [0.15, 0.2) is 61.3 Å². The molecule has 194 valence electrons. The van der Waals surface area contributed by atoms with E-state index in [1.165, 1.54) is 0 Å². The molecule has 0 saturated heterocycles. The van der Waals surface area contributed by atoms with Crippen LogP contribution in [-0.2, 0) is 19.2 Å². The molecule has 11 nitrogen and oxygen atoms in total. The van der Waals surface area contributed by atoms with Crippen LogP contribution in [0.2, 0.25) is 0 Å². The molecular weight excluding hydrogens is 494 g/mol. The van der Waals surface area contributed by atoms with E-state index in [4.69, 9.17) is 14.5 Å². The number of nitriles is 2. The third-order valence-electron chi connectivity index (χ3n) is 7.18. The van der Waals surface area contributed by atoms with Crippen molar-refractivity contribution in [3.05, 3.63) is 66.9 Å². The van der Waals surface area contributed by atoms with Crippen LogP contribution in [0, 0.1) is 28.6 Å². The minimum Gasteiger partial charge on any atom is -0.497 e. The quantitative estimate of drug-likeness (QED) is 0.299. The summed E-state index contributed by atoms with van der Waals surface area (Å²) in [4.78, 5) is 5.00. The molecule has 0 spiro atoms. The molecule has 0 atom stereocenters. The molecular formula is C28H25N9O2. The van der Waals surface area contributed by atoms with Crippen LogP contribution in [-0.4, -0.2) is 41.3 Å². The Morgan fingerprint density at radius 3 is 2.64 bits per heavy atom. The van der Waals surface area contributed by atoms with Gasteiger partial charge in [-0.25, -0.2) is 9.50 Å². The molecule has 1 fully saturated rings. The second kappa shape index (κ2) is 9.62. The SMILES string of the molecule is COc1ccc(COc2nn(C)cc2-c2cn3nccc3c(-c3cnn([C@]4(CC#N)C[C@@H](C#N)C4)c3)n2)cc1. The summed E-state index contributed by atoms with van der Waals surface area (Å²) in [5.74, 6) is 1.18. The zero-order valence-electron chi connectivity index (χ0n) is 21.5. The van der Waals surface area contributed by atoms with Crippen molar-refractivity contribution in [1.82, 2.24) is 34.2 Å². The van der Waals surface area contributed by atoms with Gasteiger partial charge >= 0.3 is 0 Å². The minimum atomic E-state index is -0.465. The number of aryl methyl sites for hydroxylation is 1. The normalized spacial score (nSPS) is 18.3. The van der Waals surface area contributed by atoms with Gasteiger partial charge in [0.25, 0.3) is 0 Å². The van der Waals surface area contributed by atoms with Crippen LogP contribution in [0.4, 0.5) is 0 Å². The van der Waals surface area contributed by atoms with Crippen molar-refractivity contribution in [2.45, 2.75) is 31.4 Å². The fraction of sp³-hybridized carbons (Fsp3) is 0.286. The van der Waals surface area contributed by atoms with Gasteiger partial charge in [0.05, 0.1) is 78.2 Å². The summed E-state index contributed by atoms with van der Waals surface area (Å²) in [6.45, 7) is 0.336. The first-order chi connectivity index (χ1) is 19.0. The highest BCUT2D eigenvalue weighted by Gasteiger charge is 2.46. The first-order valence-corrected chi connectivity index (χ1v) is 12.5. The van der Waals surface area contributed by atoms with Gasteiger partial charge < -0.3 is 9.47 Å². The maximum Gasteiger partial charge on any atom is 0.242 e. The Labute approximate surface area is 224 Å². The number of benzene rings is 1. The Morgan fingerprint density at radius 2 is 1.90 bits per heavy atom. The summed E-state index contributed by atoms with van der Waals surface area (Å²) < 4.78 is 16.6. The van der Waals surface area contributed by atoms with Crippen LogP contribution in [0.1, 0.15) is 24.8 Å². The van der Waals surface area contributed by atoms with E-state index in [9.17, 15) is 10.5 Å².